The van der Waals surface area contributed by atoms with Gasteiger partial charge in [0.15, 0.2) is 11.6 Å². The zero-order chi connectivity index (χ0) is 26.7. The summed E-state index contributed by atoms with van der Waals surface area (Å²) < 4.78 is 0. The van der Waals surface area contributed by atoms with Crippen LogP contribution < -0.4 is 0 Å². The van der Waals surface area contributed by atoms with Crippen LogP contribution in [0.1, 0.15) is 36.8 Å². The highest BCUT2D eigenvalue weighted by Gasteiger charge is 2.56. The molecule has 7 heteroatoms. The van der Waals surface area contributed by atoms with Gasteiger partial charge in [0.1, 0.15) is 11.5 Å². The summed E-state index contributed by atoms with van der Waals surface area (Å²) in [6.45, 7) is 1.85. The third-order valence-corrected chi connectivity index (χ3v) is 8.46. The molecule has 7 nitrogen and oxygen atoms in total. The molecule has 4 aliphatic rings. The van der Waals surface area contributed by atoms with Crippen molar-refractivity contribution in [2.75, 3.05) is 6.54 Å². The highest BCUT2D eigenvalue weighted by molar-refractivity contribution is 6.24. The average molecular weight is 510 g/mol. The second-order valence-electron chi connectivity index (χ2n) is 10.5. The second kappa shape index (κ2) is 8.94. The molecule has 0 aromatic heterocycles. The lowest BCUT2D eigenvalue weighted by Crippen LogP contribution is -2.40. The summed E-state index contributed by atoms with van der Waals surface area (Å²) in [5.41, 5.74) is 3.35. The zero-order valence-corrected chi connectivity index (χ0v) is 20.9. The van der Waals surface area contributed by atoms with Crippen molar-refractivity contribution >= 4 is 23.4 Å². The Morgan fingerprint density at radius 3 is 2.39 bits per heavy atom. The van der Waals surface area contributed by atoms with Crippen LogP contribution in [0.2, 0.25) is 0 Å². The zero-order valence-electron chi connectivity index (χ0n) is 20.9. The van der Waals surface area contributed by atoms with Crippen LogP contribution in [0.5, 0.6) is 11.5 Å². The molecule has 3 aliphatic carbocycles. The average Bonchev–Trinajstić information content (AvgIpc) is 3.15. The van der Waals surface area contributed by atoms with Crippen LogP contribution in [0.15, 0.2) is 83.0 Å². The van der Waals surface area contributed by atoms with E-state index in [1.165, 1.54) is 11.0 Å². The first-order valence-corrected chi connectivity index (χ1v) is 12.9. The molecule has 0 bridgehead atoms. The van der Waals surface area contributed by atoms with Gasteiger partial charge < -0.3 is 10.2 Å². The van der Waals surface area contributed by atoms with Gasteiger partial charge in [0.05, 0.1) is 11.8 Å². The molecule has 4 unspecified atom stereocenters. The number of para-hydroxylation sites is 1. The lowest BCUT2D eigenvalue weighted by atomic mass is 9.59. The minimum Gasteiger partial charge on any atom is -0.508 e. The van der Waals surface area contributed by atoms with Crippen molar-refractivity contribution in [1.82, 2.24) is 4.90 Å². The van der Waals surface area contributed by atoms with E-state index in [2.05, 4.69) is 0 Å². The summed E-state index contributed by atoms with van der Waals surface area (Å²) in [7, 11) is 0. The van der Waals surface area contributed by atoms with Gasteiger partial charge in [-0.15, -0.1) is 0 Å². The number of phenols is 2. The minimum atomic E-state index is -0.653. The fourth-order valence-electron chi connectivity index (χ4n) is 6.64. The normalized spacial score (nSPS) is 26.6. The Morgan fingerprint density at radius 2 is 1.66 bits per heavy atom. The van der Waals surface area contributed by atoms with Gasteiger partial charge in [-0.05, 0) is 61.9 Å². The van der Waals surface area contributed by atoms with Gasteiger partial charge in [0.2, 0.25) is 11.8 Å². The number of nitrogens with zero attached hydrogens (tertiary/aromatic N) is 1. The lowest BCUT2D eigenvalue weighted by molar-refractivity contribution is -0.140. The van der Waals surface area contributed by atoms with E-state index >= 15 is 0 Å². The number of amides is 2. The molecule has 2 aromatic rings. The number of aromatic hydroxyl groups is 2. The van der Waals surface area contributed by atoms with Gasteiger partial charge in [-0.1, -0.05) is 42.0 Å². The summed E-state index contributed by atoms with van der Waals surface area (Å²) in [4.78, 5) is 55.0. The number of carbonyl (C=O) groups excluding carboxylic acids is 4. The monoisotopic (exact) mass is 509 g/mol. The van der Waals surface area contributed by atoms with Crippen LogP contribution >= 0.6 is 0 Å². The van der Waals surface area contributed by atoms with Crippen molar-refractivity contribution in [2.45, 2.75) is 32.1 Å². The van der Waals surface area contributed by atoms with Crippen molar-refractivity contribution in [3.63, 3.8) is 0 Å². The molecule has 0 radical (unpaired) electrons. The number of carbonyl (C=O) groups is 4. The fourth-order valence-corrected chi connectivity index (χ4v) is 6.64. The van der Waals surface area contributed by atoms with Gasteiger partial charge in [-0.25, -0.2) is 0 Å². The molecule has 1 saturated heterocycles. The number of allylic oxidation sites excluding steroid dienone is 6. The summed E-state index contributed by atoms with van der Waals surface area (Å²) in [6, 6.07) is 13.5. The van der Waals surface area contributed by atoms with Crippen LogP contribution in [0, 0.1) is 17.8 Å². The number of ketones is 2. The maximum absolute atomic E-state index is 13.8. The Labute approximate surface area is 219 Å². The van der Waals surface area contributed by atoms with Crippen molar-refractivity contribution in [3.05, 3.63) is 94.1 Å². The van der Waals surface area contributed by atoms with Gasteiger partial charge in [0, 0.05) is 34.7 Å². The van der Waals surface area contributed by atoms with Crippen molar-refractivity contribution < 1.29 is 29.4 Å². The van der Waals surface area contributed by atoms with Crippen LogP contribution in [-0.2, 0) is 25.6 Å². The quantitative estimate of drug-likeness (QED) is 0.369. The van der Waals surface area contributed by atoms with E-state index in [0.717, 1.165) is 11.1 Å². The summed E-state index contributed by atoms with van der Waals surface area (Å²) >= 11 is 0. The maximum atomic E-state index is 13.8. The second-order valence-corrected chi connectivity index (χ2v) is 10.5. The van der Waals surface area contributed by atoms with E-state index in [1.807, 2.05) is 6.08 Å². The molecular formula is C31H27NO6. The van der Waals surface area contributed by atoms with E-state index in [4.69, 9.17) is 0 Å². The Bertz CT molecular complexity index is 1490. The van der Waals surface area contributed by atoms with Gasteiger partial charge in [0.25, 0.3) is 0 Å². The topological polar surface area (TPSA) is 112 Å². The van der Waals surface area contributed by atoms with E-state index in [0.29, 0.717) is 35.1 Å². The van der Waals surface area contributed by atoms with Gasteiger partial charge in [-0.3, -0.25) is 24.1 Å². The molecule has 2 amide bonds. The Morgan fingerprint density at radius 1 is 0.921 bits per heavy atom. The summed E-state index contributed by atoms with van der Waals surface area (Å²) in [6.07, 6.45) is 4.34. The molecule has 38 heavy (non-hydrogen) atoms. The molecule has 4 atom stereocenters. The first-order chi connectivity index (χ1) is 18.3. The highest BCUT2D eigenvalue weighted by Crippen LogP contribution is 2.56. The molecule has 0 spiro atoms. The Hall–Kier alpha value is -4.26. The molecule has 2 aromatic carbocycles. The number of benzene rings is 2. The van der Waals surface area contributed by atoms with Gasteiger partial charge in [-0.2, -0.15) is 0 Å². The van der Waals surface area contributed by atoms with Crippen LogP contribution in [0.4, 0.5) is 0 Å². The molecule has 1 aliphatic heterocycles. The van der Waals surface area contributed by atoms with Crippen molar-refractivity contribution in [2.24, 2.45) is 17.8 Å². The summed E-state index contributed by atoms with van der Waals surface area (Å²) in [5.74, 6) is -2.99. The molecule has 1 heterocycles. The van der Waals surface area contributed by atoms with Crippen molar-refractivity contribution in [3.8, 4) is 11.5 Å². The number of Topliss-reactive ketones (excluding diaryl/α,β-unsaturated/α-hetero) is 1. The lowest BCUT2D eigenvalue weighted by Gasteiger charge is -2.42. The highest BCUT2D eigenvalue weighted by atomic mass is 16.3. The van der Waals surface area contributed by atoms with Gasteiger partial charge >= 0.3 is 0 Å². The molecule has 1 fully saturated rings. The largest absolute Gasteiger partial charge is 0.508 e. The fraction of sp³-hybridized carbons (Fsp3) is 0.290. The molecule has 2 N–H and O–H groups in total. The Kier molecular flexibility index (Phi) is 5.67. The Balaban J connectivity index is 1.38. The predicted molar refractivity (Wildman–Crippen MR) is 138 cm³/mol. The molecule has 0 saturated carbocycles. The predicted octanol–water partition coefficient (Wildman–Crippen LogP) is 3.77. The first kappa shape index (κ1) is 24.1. The number of imide groups is 1. The number of likely N-dealkylation sites (tertiary alicyclic amines) is 1. The smallest absolute Gasteiger partial charge is 0.233 e. The minimum absolute atomic E-state index is 0.0184. The molecule has 6 rings (SSSR count). The van der Waals surface area contributed by atoms with Crippen LogP contribution in [0.25, 0.3) is 0 Å². The summed E-state index contributed by atoms with van der Waals surface area (Å²) in [5, 5.41) is 20.3. The number of hydrogen-bond donors (Lipinski definition) is 2. The number of fused-ring (bicyclic) bond motifs is 3. The van der Waals surface area contributed by atoms with E-state index in [1.54, 1.807) is 55.5 Å². The SMILES string of the molecule is CC1=CC(=O)C2=C(C1=O)C(c1ccccc1O)C1=CCC3C(=O)N(CCc4ccc(O)cc4)C(=O)C3C1C2. The first-order valence-electron chi connectivity index (χ1n) is 12.9. The maximum Gasteiger partial charge on any atom is 0.233 e. The van der Waals surface area contributed by atoms with E-state index in [-0.39, 0.29) is 47.8 Å². The number of hydrogen-bond acceptors (Lipinski definition) is 6. The molecular weight excluding hydrogens is 482 g/mol. The third kappa shape index (κ3) is 3.64. The standard InChI is InChI=1S/C31H27NO6/c1-16-14-25(35)23-15-22-19(26(28(23)29(16)36)20-4-2-3-5-24(20)34)10-11-21-27(22)31(38)32(30(21)37)13-12-17-6-8-18(33)9-7-17/h2-10,14,21-22,26-27,33-34H,11-13,15H2,1H3. The van der Waals surface area contributed by atoms with Crippen LogP contribution in [0.3, 0.4) is 0 Å². The number of phenolic OH excluding ortho intramolecular Hbond substituents is 2. The number of rotatable bonds is 4. The molecule has 192 valence electrons. The van der Waals surface area contributed by atoms with E-state index < -0.39 is 23.7 Å². The van der Waals surface area contributed by atoms with E-state index in [9.17, 15) is 29.4 Å². The van der Waals surface area contributed by atoms with Crippen molar-refractivity contribution in [1.29, 1.82) is 0 Å². The van der Waals surface area contributed by atoms with Crippen LogP contribution in [-0.4, -0.2) is 45.0 Å². The third-order valence-electron chi connectivity index (χ3n) is 8.46.